The number of rotatable bonds is 4. The van der Waals surface area contributed by atoms with E-state index in [1.165, 1.54) is 0 Å². The predicted molar refractivity (Wildman–Crippen MR) is 112 cm³/mol. The van der Waals surface area contributed by atoms with Crippen LogP contribution < -0.4 is 5.56 Å². The van der Waals surface area contributed by atoms with E-state index in [1.54, 1.807) is 22.6 Å². The Kier molecular flexibility index (Phi) is 5.22. The van der Waals surface area contributed by atoms with Gasteiger partial charge in [0.15, 0.2) is 0 Å². The van der Waals surface area contributed by atoms with Crippen molar-refractivity contribution in [3.05, 3.63) is 69.8 Å². The zero-order valence-corrected chi connectivity index (χ0v) is 16.5. The van der Waals surface area contributed by atoms with E-state index in [1.807, 2.05) is 30.5 Å². The number of hydrogen-bond acceptors (Lipinski definition) is 3. The summed E-state index contributed by atoms with van der Waals surface area (Å²) in [6.07, 6.45) is 5.79. The predicted octanol–water partition coefficient (Wildman–Crippen LogP) is 3.26. The molecule has 0 bridgehead atoms. The molecule has 1 aliphatic rings. The van der Waals surface area contributed by atoms with Crippen molar-refractivity contribution in [3.8, 4) is 6.07 Å². The van der Waals surface area contributed by atoms with E-state index in [9.17, 15) is 9.59 Å². The lowest BCUT2D eigenvalue weighted by molar-refractivity contribution is 0.0704. The van der Waals surface area contributed by atoms with E-state index < -0.39 is 0 Å². The number of carbonyl (C=O) groups excluding carboxylic acids is 1. The number of para-hydroxylation sites is 1. The maximum absolute atomic E-state index is 13.1. The molecule has 1 aromatic carbocycles. The van der Waals surface area contributed by atoms with Gasteiger partial charge < -0.3 is 14.5 Å². The minimum absolute atomic E-state index is 0.00347. The normalized spacial score (nSPS) is 14.8. The Hall–Kier alpha value is -3.33. The van der Waals surface area contributed by atoms with Gasteiger partial charge in [-0.1, -0.05) is 18.2 Å². The van der Waals surface area contributed by atoms with Crippen LogP contribution in [0.3, 0.4) is 0 Å². The first-order valence-corrected chi connectivity index (χ1v) is 10.0. The van der Waals surface area contributed by atoms with Crippen molar-refractivity contribution < 1.29 is 4.79 Å². The van der Waals surface area contributed by atoms with Crippen LogP contribution >= 0.6 is 0 Å². The second-order valence-electron chi connectivity index (χ2n) is 7.68. The Morgan fingerprint density at radius 3 is 2.76 bits per heavy atom. The molecule has 0 atom stereocenters. The topological polar surface area (TPSA) is 81.9 Å². The molecule has 2 aromatic heterocycles. The fraction of sp³-hybridized carbons (Fsp3) is 0.348. The van der Waals surface area contributed by atoms with Crippen molar-refractivity contribution in [2.24, 2.45) is 5.92 Å². The second-order valence-corrected chi connectivity index (χ2v) is 7.68. The molecule has 6 nitrogen and oxygen atoms in total. The summed E-state index contributed by atoms with van der Waals surface area (Å²) >= 11 is 0. The molecule has 1 amide bonds. The van der Waals surface area contributed by atoms with Crippen LogP contribution in [-0.2, 0) is 13.0 Å². The smallest absolute Gasteiger partial charge is 0.263 e. The maximum Gasteiger partial charge on any atom is 0.263 e. The third-order valence-corrected chi connectivity index (χ3v) is 5.85. The summed E-state index contributed by atoms with van der Waals surface area (Å²) in [7, 11) is 0. The summed E-state index contributed by atoms with van der Waals surface area (Å²) < 4.78 is 1.63. The first-order valence-electron chi connectivity index (χ1n) is 10.0. The summed E-state index contributed by atoms with van der Waals surface area (Å²) in [5, 5.41) is 10.2. The van der Waals surface area contributed by atoms with Crippen molar-refractivity contribution in [3.63, 3.8) is 0 Å². The Morgan fingerprint density at radius 2 is 2.00 bits per heavy atom. The Morgan fingerprint density at radius 1 is 1.24 bits per heavy atom. The first kappa shape index (κ1) is 19.0. The number of benzene rings is 1. The zero-order chi connectivity index (χ0) is 20.4. The minimum Gasteiger partial charge on any atom is -0.361 e. The van der Waals surface area contributed by atoms with Crippen molar-refractivity contribution in [2.75, 3.05) is 13.1 Å². The fourth-order valence-corrected chi connectivity index (χ4v) is 4.05. The molecular formula is C23H24N4O2. The lowest BCUT2D eigenvalue weighted by Gasteiger charge is -2.29. The zero-order valence-electron chi connectivity index (χ0n) is 16.5. The number of fused-ring (bicyclic) bond motifs is 1. The van der Waals surface area contributed by atoms with Crippen molar-refractivity contribution in [1.82, 2.24) is 14.5 Å². The number of amides is 1. The number of carbonyl (C=O) groups is 1. The second kappa shape index (κ2) is 7.96. The number of hydrogen-bond donors (Lipinski definition) is 1. The van der Waals surface area contributed by atoms with Crippen LogP contribution in [0.15, 0.2) is 47.5 Å². The van der Waals surface area contributed by atoms with E-state index in [0.717, 1.165) is 16.5 Å². The number of pyridine rings is 1. The Balaban J connectivity index is 1.55. The van der Waals surface area contributed by atoms with Crippen molar-refractivity contribution >= 4 is 16.8 Å². The minimum atomic E-state index is -0.239. The fourth-order valence-electron chi connectivity index (χ4n) is 4.05. The van der Waals surface area contributed by atoms with Crippen LogP contribution in [-0.4, -0.2) is 33.4 Å². The highest BCUT2D eigenvalue weighted by Crippen LogP contribution is 2.20. The van der Waals surface area contributed by atoms with Gasteiger partial charge in [0.25, 0.3) is 11.5 Å². The highest BCUT2D eigenvalue weighted by Gasteiger charge is 2.26. The summed E-state index contributed by atoms with van der Waals surface area (Å²) in [6.45, 7) is 3.37. The average molecular weight is 388 g/mol. The molecule has 3 heterocycles. The first-order chi connectivity index (χ1) is 14.1. The van der Waals surface area contributed by atoms with Gasteiger partial charge in [-0.2, -0.15) is 5.26 Å². The number of nitrogens with zero attached hydrogens (tertiary/aromatic N) is 3. The molecule has 1 saturated heterocycles. The van der Waals surface area contributed by atoms with Crippen LogP contribution in [0.2, 0.25) is 0 Å². The monoisotopic (exact) mass is 388 g/mol. The highest BCUT2D eigenvalue weighted by atomic mass is 16.2. The summed E-state index contributed by atoms with van der Waals surface area (Å²) in [6, 6.07) is 12.2. The van der Waals surface area contributed by atoms with Crippen LogP contribution in [0.25, 0.3) is 10.9 Å². The lowest BCUT2D eigenvalue weighted by Crippen LogP contribution is -2.42. The highest BCUT2D eigenvalue weighted by molar-refractivity contribution is 5.95. The van der Waals surface area contributed by atoms with Gasteiger partial charge >= 0.3 is 0 Å². The average Bonchev–Trinajstić information content (AvgIpc) is 3.16. The molecule has 0 aliphatic carbocycles. The number of likely N-dealkylation sites (tertiary alicyclic amines) is 1. The van der Waals surface area contributed by atoms with Gasteiger partial charge in [0.1, 0.15) is 5.56 Å². The third kappa shape index (κ3) is 3.68. The van der Waals surface area contributed by atoms with Crippen molar-refractivity contribution in [1.29, 1.82) is 5.26 Å². The van der Waals surface area contributed by atoms with Crippen LogP contribution in [0.4, 0.5) is 0 Å². The molecule has 148 valence electrons. The molecule has 0 spiro atoms. The Labute approximate surface area is 169 Å². The summed E-state index contributed by atoms with van der Waals surface area (Å²) in [5.74, 6) is -0.214. The van der Waals surface area contributed by atoms with E-state index in [0.29, 0.717) is 44.5 Å². The number of nitriles is 1. The number of aryl methyl sites for hydroxylation is 3. The third-order valence-electron chi connectivity index (χ3n) is 5.85. The molecule has 1 aliphatic heterocycles. The summed E-state index contributed by atoms with van der Waals surface area (Å²) in [4.78, 5) is 31.1. The molecule has 1 fully saturated rings. The number of H-pyrrole nitrogens is 1. The molecule has 4 rings (SSSR count). The van der Waals surface area contributed by atoms with E-state index in [2.05, 4.69) is 17.1 Å². The quantitative estimate of drug-likeness (QED) is 0.745. The van der Waals surface area contributed by atoms with E-state index in [4.69, 9.17) is 5.26 Å². The van der Waals surface area contributed by atoms with Crippen LogP contribution in [0, 0.1) is 24.2 Å². The van der Waals surface area contributed by atoms with Gasteiger partial charge in [-0.25, -0.2) is 0 Å². The van der Waals surface area contributed by atoms with Crippen LogP contribution in [0.5, 0.6) is 0 Å². The largest absolute Gasteiger partial charge is 0.361 e. The van der Waals surface area contributed by atoms with Gasteiger partial charge in [-0.15, -0.1) is 0 Å². The SMILES string of the molecule is Cc1ccn(CCc2c[nH]c3ccccc23)c(=O)c1C(=O)N1CCC(C#N)CC1. The Bertz CT molecular complexity index is 1140. The summed E-state index contributed by atoms with van der Waals surface area (Å²) in [5.41, 5.74) is 2.94. The van der Waals surface area contributed by atoms with Gasteiger partial charge in [0.05, 0.1) is 6.07 Å². The van der Waals surface area contributed by atoms with Gasteiger partial charge in [-0.3, -0.25) is 9.59 Å². The van der Waals surface area contributed by atoms with E-state index >= 15 is 0 Å². The molecule has 1 N–H and O–H groups in total. The van der Waals surface area contributed by atoms with Gasteiger partial charge in [0, 0.05) is 48.8 Å². The molecule has 6 heteroatoms. The number of aromatic amines is 1. The maximum atomic E-state index is 13.1. The molecule has 0 unspecified atom stereocenters. The van der Waals surface area contributed by atoms with Crippen molar-refractivity contribution in [2.45, 2.75) is 32.7 Å². The number of aromatic nitrogens is 2. The van der Waals surface area contributed by atoms with Gasteiger partial charge in [-0.05, 0) is 49.4 Å². The molecule has 0 saturated carbocycles. The molecule has 0 radical (unpaired) electrons. The molecule has 29 heavy (non-hydrogen) atoms. The molecule has 3 aromatic rings. The number of piperidine rings is 1. The molecular weight excluding hydrogens is 364 g/mol. The number of nitrogens with one attached hydrogen (secondary N) is 1. The lowest BCUT2D eigenvalue weighted by atomic mass is 9.97. The van der Waals surface area contributed by atoms with E-state index in [-0.39, 0.29) is 22.9 Å². The van der Waals surface area contributed by atoms with Crippen LogP contribution in [0.1, 0.15) is 34.3 Å². The van der Waals surface area contributed by atoms with Gasteiger partial charge in [0.2, 0.25) is 0 Å². The standard InChI is InChI=1S/C23H24N4O2/c1-16-6-10-26(13-9-18-15-25-20-5-3-2-4-19(18)20)22(28)21(16)23(29)27-11-7-17(14-24)8-12-27/h2-6,10,15,17,25H,7-9,11-13H2,1H3.